The summed E-state index contributed by atoms with van der Waals surface area (Å²) in [6.45, 7) is 6.63. The first kappa shape index (κ1) is 37.4. The van der Waals surface area contributed by atoms with Gasteiger partial charge in [-0.25, -0.2) is 4.85 Å². The molecule has 0 N–H and O–H groups in total. The smallest absolute Gasteiger partial charge is 0.256 e. The van der Waals surface area contributed by atoms with Crippen molar-refractivity contribution in [3.05, 3.63) is 209 Å². The zero-order valence-electron chi connectivity index (χ0n) is 30.6. The number of furan rings is 1. The molecule has 0 amide bonds. The Bertz CT molecular complexity index is 2870. The van der Waals surface area contributed by atoms with E-state index in [1.807, 2.05) is 12.1 Å². The molecule has 7 aromatic carbocycles. The molecule has 1 heterocycles. The van der Waals surface area contributed by atoms with Crippen molar-refractivity contribution in [2.75, 3.05) is 4.90 Å². The summed E-state index contributed by atoms with van der Waals surface area (Å²) in [6, 6.07) is 63.5. The third-order valence-corrected chi connectivity index (χ3v) is 10.6. The van der Waals surface area contributed by atoms with Crippen LogP contribution in [0.4, 0.5) is 17.1 Å². The molecule has 0 bridgehead atoms. The van der Waals surface area contributed by atoms with Gasteiger partial charge in [-0.2, -0.15) is 5.26 Å². The fourth-order valence-corrected chi connectivity index (χ4v) is 7.28. The molecule has 8 aromatic rings. The predicted octanol–water partition coefficient (Wildman–Crippen LogP) is 13.6. The van der Waals surface area contributed by atoms with Gasteiger partial charge in [0.05, 0.1) is 17.7 Å². The molecule has 58 heavy (non-hydrogen) atoms. The van der Waals surface area contributed by atoms with Crippen molar-refractivity contribution in [2.45, 2.75) is 0 Å². The summed E-state index contributed by atoms with van der Waals surface area (Å²) >= 11 is 10.8. The lowest BCUT2D eigenvalue weighted by Gasteiger charge is -2.26. The van der Waals surface area contributed by atoms with Crippen molar-refractivity contribution >= 4 is 73.8 Å². The quantitative estimate of drug-likeness (QED) is 0.124. The number of nitrogens with zero attached hydrogens (tertiary/aromatic N) is 3. The van der Waals surface area contributed by atoms with Gasteiger partial charge < -0.3 is 14.1 Å². The minimum absolute atomic E-state index is 0.512. The van der Waals surface area contributed by atoms with E-state index in [-0.39, 0.29) is 0 Å². The highest BCUT2D eigenvalue weighted by Crippen LogP contribution is 2.40. The SMILES string of the molecule is [C-]#[N+]C1=C(C#N)C(=O)C(Cl)=C(Cl)C1=O.c1ccc(-c2ccc(N(c3ccc(-c4ccccc4)cc3)c3ccc(-c4cccc5c4oc4ccccc45)cc3)cc2)cc1. The minimum Gasteiger partial charge on any atom is -0.455 e. The molecule has 0 radical (unpaired) electrons. The number of para-hydroxylation sites is 2. The van der Waals surface area contributed by atoms with Crippen molar-refractivity contribution in [3.63, 3.8) is 0 Å². The molecule has 0 saturated carbocycles. The van der Waals surface area contributed by atoms with E-state index in [9.17, 15) is 9.59 Å². The van der Waals surface area contributed by atoms with E-state index < -0.39 is 32.9 Å². The maximum atomic E-state index is 11.2. The first-order valence-corrected chi connectivity index (χ1v) is 18.9. The van der Waals surface area contributed by atoms with Gasteiger partial charge in [-0.3, -0.25) is 4.79 Å². The molecule has 8 heteroatoms. The largest absolute Gasteiger partial charge is 0.455 e. The Labute approximate surface area is 344 Å². The van der Waals surface area contributed by atoms with E-state index >= 15 is 0 Å². The monoisotopic (exact) mass is 789 g/mol. The Kier molecular flexibility index (Phi) is 10.5. The van der Waals surface area contributed by atoms with Gasteiger partial charge in [0, 0.05) is 33.4 Å². The second-order valence-corrected chi connectivity index (χ2v) is 14.0. The highest BCUT2D eigenvalue weighted by molar-refractivity contribution is 6.59. The molecule has 0 unspecified atom stereocenters. The Morgan fingerprint density at radius 1 is 0.517 bits per heavy atom. The van der Waals surface area contributed by atoms with Crippen molar-refractivity contribution in [3.8, 4) is 39.4 Å². The van der Waals surface area contributed by atoms with Crippen LogP contribution in [0.5, 0.6) is 0 Å². The van der Waals surface area contributed by atoms with Crippen molar-refractivity contribution < 1.29 is 14.0 Å². The van der Waals surface area contributed by atoms with Crippen molar-refractivity contribution in [1.82, 2.24) is 0 Å². The summed E-state index contributed by atoms with van der Waals surface area (Å²) in [5.41, 5.74) is 11.0. The highest BCUT2D eigenvalue weighted by atomic mass is 35.5. The molecular formula is C50H29Cl2N3O3. The Hall–Kier alpha value is -7.48. The molecule has 0 saturated heterocycles. The van der Waals surface area contributed by atoms with Gasteiger partial charge in [0.1, 0.15) is 21.8 Å². The number of carbonyl (C=O) groups is 2. The van der Waals surface area contributed by atoms with Crippen molar-refractivity contribution in [1.29, 1.82) is 5.26 Å². The number of rotatable bonds is 6. The molecule has 0 aliphatic heterocycles. The predicted molar refractivity (Wildman–Crippen MR) is 233 cm³/mol. The molecule has 0 atom stereocenters. The van der Waals surface area contributed by atoms with Crippen molar-refractivity contribution in [2.24, 2.45) is 0 Å². The molecule has 1 aliphatic rings. The second-order valence-electron chi connectivity index (χ2n) is 13.2. The minimum atomic E-state index is -0.886. The Morgan fingerprint density at radius 2 is 0.966 bits per heavy atom. The Balaban J connectivity index is 0.000000286. The molecule has 1 aromatic heterocycles. The van der Waals surface area contributed by atoms with Crippen LogP contribution in [0.15, 0.2) is 202 Å². The fraction of sp³-hybridized carbons (Fsp3) is 0. The zero-order chi connectivity index (χ0) is 40.2. The highest BCUT2D eigenvalue weighted by Gasteiger charge is 2.33. The average molecular weight is 791 g/mol. The third kappa shape index (κ3) is 7.18. The molecule has 276 valence electrons. The molecule has 0 fully saturated rings. The average Bonchev–Trinajstić information content (AvgIpc) is 3.68. The van der Waals surface area contributed by atoms with E-state index in [4.69, 9.17) is 39.5 Å². The number of hydrogen-bond acceptors (Lipinski definition) is 5. The van der Waals surface area contributed by atoms with Crippen LogP contribution in [0.3, 0.4) is 0 Å². The van der Waals surface area contributed by atoms with E-state index in [1.54, 1.807) is 0 Å². The summed E-state index contributed by atoms with van der Waals surface area (Å²) < 4.78 is 6.34. The van der Waals surface area contributed by atoms with Gasteiger partial charge >= 0.3 is 0 Å². The van der Waals surface area contributed by atoms with E-state index in [2.05, 4.69) is 174 Å². The normalized spacial score (nSPS) is 12.6. The van der Waals surface area contributed by atoms with E-state index in [0.717, 1.165) is 50.1 Å². The zero-order valence-corrected chi connectivity index (χ0v) is 32.1. The standard InChI is InChI=1S/C42H29NO.C8Cl2N2O2/c1-3-10-30(11-4-1)32-18-24-35(25-19-32)43(36-26-20-33(21-27-36)31-12-5-2-6-13-31)37-28-22-34(23-29-37)38-15-9-16-40-39-14-7-8-17-41(39)44-42(38)40;1-12-6-3(2-11)7(13)4(9)5(10)8(6)14/h1-29H;. The van der Waals surface area contributed by atoms with Crippen LogP contribution in [0.2, 0.25) is 0 Å². The topological polar surface area (TPSA) is 78.7 Å². The first-order chi connectivity index (χ1) is 28.4. The number of hydrogen-bond donors (Lipinski definition) is 0. The first-order valence-electron chi connectivity index (χ1n) is 18.1. The number of Topliss-reactive ketones (excluding diaryl/α,β-unsaturated/α-hetero) is 2. The van der Waals surface area contributed by atoms with Gasteiger partial charge in [-0.1, -0.05) is 157 Å². The van der Waals surface area contributed by atoms with Gasteiger partial charge in [-0.05, 0) is 70.3 Å². The summed E-state index contributed by atoms with van der Waals surface area (Å²) in [6.07, 6.45) is 0. The Morgan fingerprint density at radius 3 is 1.48 bits per heavy atom. The number of nitriles is 1. The van der Waals surface area contributed by atoms with Crippen LogP contribution in [0.25, 0.3) is 60.2 Å². The number of halogens is 2. The van der Waals surface area contributed by atoms with Crippen LogP contribution in [-0.2, 0) is 9.59 Å². The lowest BCUT2D eigenvalue weighted by atomic mass is 10.0. The summed E-state index contributed by atoms with van der Waals surface area (Å²) in [4.78, 5) is 27.6. The maximum Gasteiger partial charge on any atom is 0.256 e. The van der Waals surface area contributed by atoms with Crippen LogP contribution < -0.4 is 4.90 Å². The van der Waals surface area contributed by atoms with Crippen LogP contribution in [0.1, 0.15) is 0 Å². The summed E-state index contributed by atoms with van der Waals surface area (Å²) in [5.74, 6) is -1.77. The molecule has 6 nitrogen and oxygen atoms in total. The summed E-state index contributed by atoms with van der Waals surface area (Å²) in [7, 11) is 0. The van der Waals surface area contributed by atoms with Gasteiger partial charge in [0.2, 0.25) is 11.6 Å². The van der Waals surface area contributed by atoms with E-state index in [1.165, 1.54) is 28.3 Å². The molecule has 9 rings (SSSR count). The van der Waals surface area contributed by atoms with Gasteiger partial charge in [0.25, 0.3) is 5.70 Å². The lowest BCUT2D eigenvalue weighted by molar-refractivity contribution is -0.115. The van der Waals surface area contributed by atoms with Gasteiger partial charge in [0.15, 0.2) is 0 Å². The summed E-state index contributed by atoms with van der Waals surface area (Å²) in [5, 5.41) is 9.79. The fourth-order valence-electron chi connectivity index (χ4n) is 6.92. The number of ketones is 2. The number of carbonyl (C=O) groups excluding carboxylic acids is 2. The molecule has 1 aliphatic carbocycles. The lowest BCUT2D eigenvalue weighted by Crippen LogP contribution is -2.17. The van der Waals surface area contributed by atoms with Crippen LogP contribution in [0, 0.1) is 17.9 Å². The second kappa shape index (κ2) is 16.3. The third-order valence-electron chi connectivity index (χ3n) is 9.80. The van der Waals surface area contributed by atoms with Crippen LogP contribution in [-0.4, -0.2) is 11.6 Å². The van der Waals surface area contributed by atoms with Crippen LogP contribution >= 0.6 is 23.2 Å². The van der Waals surface area contributed by atoms with E-state index in [0.29, 0.717) is 0 Å². The van der Waals surface area contributed by atoms with Gasteiger partial charge in [-0.15, -0.1) is 0 Å². The number of fused-ring (bicyclic) bond motifs is 3. The molecular weight excluding hydrogens is 761 g/mol. The maximum absolute atomic E-state index is 11.2. The number of anilines is 3. The number of allylic oxidation sites excluding steroid dienone is 3. The number of benzene rings is 7. The molecule has 0 spiro atoms.